The third kappa shape index (κ3) is 5.25. The topological polar surface area (TPSA) is 105 Å². The second-order valence-corrected chi connectivity index (χ2v) is 5.04. The number of aliphatic hydroxyl groups excluding tert-OH is 1. The minimum absolute atomic E-state index is 0.0590. The summed E-state index contributed by atoms with van der Waals surface area (Å²) in [7, 11) is -4.10. The van der Waals surface area contributed by atoms with Crippen LogP contribution in [0.15, 0.2) is 30.3 Å². The molecule has 0 aliphatic heterocycles. The van der Waals surface area contributed by atoms with Gasteiger partial charge in [-0.15, -0.1) is 0 Å². The van der Waals surface area contributed by atoms with Crippen molar-refractivity contribution >= 4 is 16.3 Å². The van der Waals surface area contributed by atoms with E-state index in [9.17, 15) is 18.3 Å². The van der Waals surface area contributed by atoms with Gasteiger partial charge in [-0.2, -0.15) is 13.1 Å². The standard InChI is InChI=1S/C11H16N2O5S/c1-2-18-11(15)13-19(16,17)12-10(8-14)9-6-4-3-5-7-9/h3-7,10,12,14H,2,8H2,1H3,(H,13,15). The van der Waals surface area contributed by atoms with Crippen LogP contribution in [-0.4, -0.2) is 32.8 Å². The molecular weight excluding hydrogens is 272 g/mol. The highest BCUT2D eigenvalue weighted by molar-refractivity contribution is 7.88. The molecule has 1 unspecified atom stereocenters. The van der Waals surface area contributed by atoms with Crippen LogP contribution in [0.5, 0.6) is 0 Å². The van der Waals surface area contributed by atoms with E-state index in [1.54, 1.807) is 42.0 Å². The largest absolute Gasteiger partial charge is 0.449 e. The first kappa shape index (κ1) is 15.4. The molecule has 1 aromatic rings. The molecule has 0 aliphatic rings. The van der Waals surface area contributed by atoms with Crippen molar-refractivity contribution in [2.75, 3.05) is 13.2 Å². The van der Waals surface area contributed by atoms with Crippen LogP contribution in [-0.2, 0) is 14.9 Å². The highest BCUT2D eigenvalue weighted by Crippen LogP contribution is 2.12. The maximum absolute atomic E-state index is 11.6. The SMILES string of the molecule is CCOC(=O)NS(=O)(=O)NC(CO)c1ccccc1. The van der Waals surface area contributed by atoms with Crippen molar-refractivity contribution in [3.63, 3.8) is 0 Å². The fraction of sp³-hybridized carbons (Fsp3) is 0.364. The lowest BCUT2D eigenvalue weighted by atomic mass is 10.1. The molecule has 3 N–H and O–H groups in total. The summed E-state index contributed by atoms with van der Waals surface area (Å²) in [6.45, 7) is 1.18. The molecule has 8 heteroatoms. The maximum Gasteiger partial charge on any atom is 0.421 e. The predicted octanol–water partition coefficient (Wildman–Crippen LogP) is 0.300. The molecule has 0 aromatic heterocycles. The molecule has 1 atom stereocenters. The quantitative estimate of drug-likeness (QED) is 0.698. The molecule has 0 radical (unpaired) electrons. The zero-order valence-electron chi connectivity index (χ0n) is 10.4. The fourth-order valence-electron chi connectivity index (χ4n) is 1.38. The average Bonchev–Trinajstić information content (AvgIpc) is 2.36. The molecule has 0 spiro atoms. The fourth-order valence-corrected chi connectivity index (χ4v) is 2.31. The average molecular weight is 288 g/mol. The van der Waals surface area contributed by atoms with Crippen LogP contribution >= 0.6 is 0 Å². The van der Waals surface area contributed by atoms with Crippen LogP contribution in [0.4, 0.5) is 4.79 Å². The number of ether oxygens (including phenoxy) is 1. The summed E-state index contributed by atoms with van der Waals surface area (Å²) in [4.78, 5) is 11.1. The molecule has 1 amide bonds. The smallest absolute Gasteiger partial charge is 0.421 e. The third-order valence-corrected chi connectivity index (χ3v) is 3.21. The zero-order chi connectivity index (χ0) is 14.3. The monoisotopic (exact) mass is 288 g/mol. The second kappa shape index (κ2) is 7.07. The molecular formula is C11H16N2O5S. The lowest BCUT2D eigenvalue weighted by molar-refractivity contribution is 0.158. The van der Waals surface area contributed by atoms with Crippen molar-refractivity contribution in [3.8, 4) is 0 Å². The van der Waals surface area contributed by atoms with Gasteiger partial charge in [0, 0.05) is 0 Å². The Morgan fingerprint density at radius 2 is 2.00 bits per heavy atom. The second-order valence-electron chi connectivity index (χ2n) is 3.59. The van der Waals surface area contributed by atoms with Crippen molar-refractivity contribution in [1.82, 2.24) is 9.44 Å². The van der Waals surface area contributed by atoms with Crippen LogP contribution in [0.1, 0.15) is 18.5 Å². The van der Waals surface area contributed by atoms with E-state index in [4.69, 9.17) is 0 Å². The number of rotatable bonds is 6. The Morgan fingerprint density at radius 1 is 1.37 bits per heavy atom. The van der Waals surface area contributed by atoms with E-state index in [-0.39, 0.29) is 6.61 Å². The van der Waals surface area contributed by atoms with Crippen molar-refractivity contribution in [1.29, 1.82) is 0 Å². The van der Waals surface area contributed by atoms with Crippen LogP contribution in [0.2, 0.25) is 0 Å². The van der Waals surface area contributed by atoms with Gasteiger partial charge in [-0.3, -0.25) is 0 Å². The van der Waals surface area contributed by atoms with Crippen molar-refractivity contribution in [3.05, 3.63) is 35.9 Å². The number of carbonyl (C=O) groups is 1. The van der Waals surface area contributed by atoms with Gasteiger partial charge in [-0.1, -0.05) is 30.3 Å². The van der Waals surface area contributed by atoms with Gasteiger partial charge >= 0.3 is 16.3 Å². The van der Waals surface area contributed by atoms with Crippen molar-refractivity contribution < 1.29 is 23.1 Å². The first-order chi connectivity index (χ1) is 8.98. The summed E-state index contributed by atoms with van der Waals surface area (Å²) in [5.41, 5.74) is 0.583. The maximum atomic E-state index is 11.6. The number of nitrogens with one attached hydrogen (secondary N) is 2. The molecule has 0 saturated carbocycles. The van der Waals surface area contributed by atoms with Gasteiger partial charge in [-0.25, -0.2) is 9.52 Å². The van der Waals surface area contributed by atoms with Crippen molar-refractivity contribution in [2.24, 2.45) is 0 Å². The van der Waals surface area contributed by atoms with E-state index < -0.39 is 29.0 Å². The Morgan fingerprint density at radius 3 is 2.53 bits per heavy atom. The molecule has 0 aliphatic carbocycles. The highest BCUT2D eigenvalue weighted by Gasteiger charge is 2.21. The van der Waals surface area contributed by atoms with Gasteiger partial charge < -0.3 is 9.84 Å². The van der Waals surface area contributed by atoms with Crippen LogP contribution in [0.25, 0.3) is 0 Å². The number of hydrogen-bond acceptors (Lipinski definition) is 5. The molecule has 0 bridgehead atoms. The van der Waals surface area contributed by atoms with E-state index in [1.165, 1.54) is 0 Å². The number of hydrogen-bond donors (Lipinski definition) is 3. The summed E-state index contributed by atoms with van der Waals surface area (Å²) >= 11 is 0. The summed E-state index contributed by atoms with van der Waals surface area (Å²) in [6.07, 6.45) is -1.07. The first-order valence-electron chi connectivity index (χ1n) is 5.61. The van der Waals surface area contributed by atoms with Crippen molar-refractivity contribution in [2.45, 2.75) is 13.0 Å². The number of aliphatic hydroxyl groups is 1. The normalized spacial score (nSPS) is 12.7. The van der Waals surface area contributed by atoms with E-state index >= 15 is 0 Å². The molecule has 0 saturated heterocycles. The first-order valence-corrected chi connectivity index (χ1v) is 7.09. The molecule has 7 nitrogen and oxygen atoms in total. The van der Waals surface area contributed by atoms with Crippen LogP contribution in [0, 0.1) is 0 Å². The van der Waals surface area contributed by atoms with E-state index in [0.717, 1.165) is 0 Å². The van der Waals surface area contributed by atoms with Gasteiger partial charge in [0.05, 0.1) is 19.3 Å². The van der Waals surface area contributed by atoms with Crippen LogP contribution < -0.4 is 9.44 Å². The summed E-state index contributed by atoms with van der Waals surface area (Å²) in [5.74, 6) is 0. The molecule has 19 heavy (non-hydrogen) atoms. The molecule has 1 rings (SSSR count). The van der Waals surface area contributed by atoms with Gasteiger partial charge in [0.2, 0.25) is 0 Å². The minimum Gasteiger partial charge on any atom is -0.449 e. The molecule has 106 valence electrons. The van der Waals surface area contributed by atoms with Gasteiger partial charge in [0.15, 0.2) is 0 Å². The van der Waals surface area contributed by atoms with Gasteiger partial charge in [0.25, 0.3) is 0 Å². The highest BCUT2D eigenvalue weighted by atomic mass is 32.2. The molecule has 1 aromatic carbocycles. The molecule has 0 heterocycles. The number of amides is 1. The Labute approximate surface area is 111 Å². The minimum atomic E-state index is -4.10. The summed E-state index contributed by atoms with van der Waals surface area (Å²) in [5, 5.41) is 9.21. The Bertz CT molecular complexity index is 503. The number of benzene rings is 1. The zero-order valence-corrected chi connectivity index (χ0v) is 11.2. The van der Waals surface area contributed by atoms with E-state index in [0.29, 0.717) is 5.56 Å². The number of carbonyl (C=O) groups excluding carboxylic acids is 1. The molecule has 0 fully saturated rings. The Balaban J connectivity index is 2.73. The third-order valence-electron chi connectivity index (χ3n) is 2.18. The lowest BCUT2D eigenvalue weighted by Gasteiger charge is -2.16. The van der Waals surface area contributed by atoms with Gasteiger partial charge in [0.1, 0.15) is 0 Å². The Hall–Kier alpha value is -1.64. The van der Waals surface area contributed by atoms with Gasteiger partial charge in [-0.05, 0) is 12.5 Å². The summed E-state index contributed by atoms with van der Waals surface area (Å²) < 4.78 is 31.6. The lowest BCUT2D eigenvalue weighted by Crippen LogP contribution is -2.43. The van der Waals surface area contributed by atoms with E-state index in [1.807, 2.05) is 0 Å². The van der Waals surface area contributed by atoms with Crippen LogP contribution in [0.3, 0.4) is 0 Å². The predicted molar refractivity (Wildman–Crippen MR) is 68.5 cm³/mol. The summed E-state index contributed by atoms with van der Waals surface area (Å²) in [6, 6.07) is 7.68. The van der Waals surface area contributed by atoms with E-state index in [2.05, 4.69) is 9.46 Å². The Kier molecular flexibility index (Phi) is 5.74.